The van der Waals surface area contributed by atoms with Gasteiger partial charge in [-0.05, 0) is 31.0 Å². The molecular formula is C13H14N2O2. The van der Waals surface area contributed by atoms with Crippen LogP contribution >= 0.6 is 0 Å². The number of benzene rings is 1. The van der Waals surface area contributed by atoms with Crippen molar-refractivity contribution in [2.75, 3.05) is 11.4 Å². The molecule has 0 spiro atoms. The van der Waals surface area contributed by atoms with Gasteiger partial charge in [-0.1, -0.05) is 12.1 Å². The normalized spacial score (nSPS) is 19.0. The highest BCUT2D eigenvalue weighted by Crippen LogP contribution is 2.26. The molecule has 17 heavy (non-hydrogen) atoms. The lowest BCUT2D eigenvalue weighted by atomic mass is 10.1. The topological polar surface area (TPSA) is 53.3 Å². The molecule has 88 valence electrons. The largest absolute Gasteiger partial charge is 0.443 e. The second-order valence-electron chi connectivity index (χ2n) is 4.27. The van der Waals surface area contributed by atoms with Gasteiger partial charge in [0.2, 0.25) is 0 Å². The van der Waals surface area contributed by atoms with Crippen molar-refractivity contribution in [2.45, 2.75) is 26.4 Å². The molecule has 1 unspecified atom stereocenters. The fourth-order valence-corrected chi connectivity index (χ4v) is 1.94. The van der Waals surface area contributed by atoms with Crippen LogP contribution in [0, 0.1) is 25.2 Å². The zero-order valence-corrected chi connectivity index (χ0v) is 9.93. The molecule has 4 nitrogen and oxygen atoms in total. The molecule has 1 amide bonds. The molecule has 1 aromatic carbocycles. The molecule has 1 fully saturated rings. The number of nitriles is 1. The van der Waals surface area contributed by atoms with Crippen LogP contribution in [0.1, 0.15) is 17.5 Å². The van der Waals surface area contributed by atoms with Crippen molar-refractivity contribution in [2.24, 2.45) is 0 Å². The van der Waals surface area contributed by atoms with Crippen LogP contribution in [0.3, 0.4) is 0 Å². The second-order valence-corrected chi connectivity index (χ2v) is 4.27. The van der Waals surface area contributed by atoms with Crippen LogP contribution in [0.4, 0.5) is 10.5 Å². The van der Waals surface area contributed by atoms with Gasteiger partial charge in [0, 0.05) is 0 Å². The third-order valence-corrected chi connectivity index (χ3v) is 2.85. The van der Waals surface area contributed by atoms with E-state index in [1.807, 2.05) is 38.1 Å². The van der Waals surface area contributed by atoms with E-state index in [0.717, 1.165) is 16.8 Å². The number of cyclic esters (lactones) is 1. The van der Waals surface area contributed by atoms with Gasteiger partial charge in [0.25, 0.3) is 0 Å². The first kappa shape index (κ1) is 11.5. The Bertz CT molecular complexity index is 491. The van der Waals surface area contributed by atoms with Gasteiger partial charge in [-0.25, -0.2) is 4.79 Å². The van der Waals surface area contributed by atoms with E-state index < -0.39 is 0 Å². The highest BCUT2D eigenvalue weighted by molar-refractivity contribution is 5.90. The lowest BCUT2D eigenvalue weighted by molar-refractivity contribution is 0.143. The van der Waals surface area contributed by atoms with Crippen LogP contribution in [0.15, 0.2) is 18.2 Å². The van der Waals surface area contributed by atoms with Crippen LogP contribution in [-0.4, -0.2) is 18.7 Å². The number of nitrogens with zero attached hydrogens (tertiary/aromatic N) is 2. The van der Waals surface area contributed by atoms with Crippen LogP contribution in [0.25, 0.3) is 0 Å². The number of ether oxygens (including phenoxy) is 1. The molecule has 1 aromatic rings. The Labute approximate surface area is 100 Å². The second kappa shape index (κ2) is 4.46. The van der Waals surface area contributed by atoms with Gasteiger partial charge in [0.15, 0.2) is 0 Å². The summed E-state index contributed by atoms with van der Waals surface area (Å²) in [6.45, 7) is 4.40. The maximum Gasteiger partial charge on any atom is 0.414 e. The summed E-state index contributed by atoms with van der Waals surface area (Å²) in [7, 11) is 0. The number of carbonyl (C=O) groups excluding carboxylic acids is 1. The van der Waals surface area contributed by atoms with Gasteiger partial charge in [-0.3, -0.25) is 4.90 Å². The molecule has 1 aliphatic rings. The van der Waals surface area contributed by atoms with Crippen molar-refractivity contribution >= 4 is 11.8 Å². The van der Waals surface area contributed by atoms with E-state index in [2.05, 4.69) is 0 Å². The third kappa shape index (κ3) is 2.23. The summed E-state index contributed by atoms with van der Waals surface area (Å²) in [5, 5.41) is 8.61. The quantitative estimate of drug-likeness (QED) is 0.784. The van der Waals surface area contributed by atoms with Crippen molar-refractivity contribution in [3.05, 3.63) is 29.3 Å². The molecule has 1 saturated heterocycles. The van der Waals surface area contributed by atoms with Crippen LogP contribution in [0.2, 0.25) is 0 Å². The lowest BCUT2D eigenvalue weighted by Gasteiger charge is -2.16. The maximum atomic E-state index is 11.7. The molecule has 1 aliphatic heterocycles. The lowest BCUT2D eigenvalue weighted by Crippen LogP contribution is -2.25. The van der Waals surface area contributed by atoms with Crippen LogP contribution in [0.5, 0.6) is 0 Å². The van der Waals surface area contributed by atoms with Crippen molar-refractivity contribution in [1.82, 2.24) is 0 Å². The fourth-order valence-electron chi connectivity index (χ4n) is 1.94. The van der Waals surface area contributed by atoms with Gasteiger partial charge in [-0.2, -0.15) is 5.26 Å². The van der Waals surface area contributed by atoms with E-state index in [9.17, 15) is 4.79 Å². The minimum Gasteiger partial charge on any atom is -0.443 e. The summed E-state index contributed by atoms with van der Waals surface area (Å²) in [6.07, 6.45) is -0.432. The summed E-state index contributed by atoms with van der Waals surface area (Å²) in [4.78, 5) is 13.3. The standard InChI is InChI=1S/C13H14N2O2/c1-9-3-4-10(2)12(7-9)15-8-11(5-6-14)17-13(15)16/h3-4,7,11H,5,8H2,1-2H3. The first-order chi connectivity index (χ1) is 8.11. The Kier molecular flexibility index (Phi) is 3.01. The van der Waals surface area contributed by atoms with E-state index in [0.29, 0.717) is 6.54 Å². The number of rotatable bonds is 2. The maximum absolute atomic E-state index is 11.7. The van der Waals surface area contributed by atoms with E-state index in [4.69, 9.17) is 10.00 Å². The van der Waals surface area contributed by atoms with Gasteiger partial charge < -0.3 is 4.74 Å². The summed E-state index contributed by atoms with van der Waals surface area (Å²) >= 11 is 0. The van der Waals surface area contributed by atoms with E-state index in [1.54, 1.807) is 4.90 Å². The number of amides is 1. The fraction of sp³-hybridized carbons (Fsp3) is 0.385. The molecule has 0 radical (unpaired) electrons. The van der Waals surface area contributed by atoms with Gasteiger partial charge in [0.05, 0.1) is 24.7 Å². The van der Waals surface area contributed by atoms with Crippen molar-refractivity contribution < 1.29 is 9.53 Å². The molecule has 1 atom stereocenters. The zero-order valence-electron chi connectivity index (χ0n) is 9.93. The minimum absolute atomic E-state index is 0.243. The Balaban J connectivity index is 2.26. The average Bonchev–Trinajstić information content (AvgIpc) is 2.64. The number of anilines is 1. The predicted octanol–water partition coefficient (Wildman–Crippen LogP) is 2.54. The SMILES string of the molecule is Cc1ccc(C)c(N2CC(CC#N)OC2=O)c1. The molecule has 0 N–H and O–H groups in total. The molecule has 4 heteroatoms. The number of aryl methyl sites for hydroxylation is 2. The van der Waals surface area contributed by atoms with E-state index >= 15 is 0 Å². The molecule has 2 rings (SSSR count). The van der Waals surface area contributed by atoms with Crippen molar-refractivity contribution in [1.29, 1.82) is 5.26 Å². The minimum atomic E-state index is -0.362. The summed E-state index contributed by atoms with van der Waals surface area (Å²) in [5.41, 5.74) is 3.00. The Morgan fingerprint density at radius 1 is 1.53 bits per heavy atom. The Hall–Kier alpha value is -2.02. The average molecular weight is 230 g/mol. The smallest absolute Gasteiger partial charge is 0.414 e. The number of hydrogen-bond acceptors (Lipinski definition) is 3. The zero-order chi connectivity index (χ0) is 12.4. The van der Waals surface area contributed by atoms with Gasteiger partial charge in [0.1, 0.15) is 6.10 Å². The molecule has 0 aliphatic carbocycles. The molecule has 0 saturated carbocycles. The monoisotopic (exact) mass is 230 g/mol. The van der Waals surface area contributed by atoms with E-state index in [1.165, 1.54) is 0 Å². The predicted molar refractivity (Wildman–Crippen MR) is 63.8 cm³/mol. The van der Waals surface area contributed by atoms with Crippen molar-refractivity contribution in [3.63, 3.8) is 0 Å². The molecule has 0 aromatic heterocycles. The highest BCUT2D eigenvalue weighted by atomic mass is 16.6. The molecular weight excluding hydrogens is 216 g/mol. The molecule has 0 bridgehead atoms. The highest BCUT2D eigenvalue weighted by Gasteiger charge is 2.32. The summed E-state index contributed by atoms with van der Waals surface area (Å²) < 4.78 is 5.13. The first-order valence-electron chi connectivity index (χ1n) is 5.54. The van der Waals surface area contributed by atoms with Gasteiger partial charge in [-0.15, -0.1) is 0 Å². The van der Waals surface area contributed by atoms with Gasteiger partial charge >= 0.3 is 6.09 Å². The Morgan fingerprint density at radius 2 is 2.29 bits per heavy atom. The molecule has 1 heterocycles. The summed E-state index contributed by atoms with van der Waals surface area (Å²) in [5.74, 6) is 0. The first-order valence-corrected chi connectivity index (χ1v) is 5.54. The van der Waals surface area contributed by atoms with Crippen LogP contribution in [-0.2, 0) is 4.74 Å². The Morgan fingerprint density at radius 3 is 3.00 bits per heavy atom. The summed E-state index contributed by atoms with van der Waals surface area (Å²) in [6, 6.07) is 7.98. The van der Waals surface area contributed by atoms with E-state index in [-0.39, 0.29) is 18.6 Å². The third-order valence-electron chi connectivity index (χ3n) is 2.85. The van der Waals surface area contributed by atoms with Crippen LogP contribution < -0.4 is 4.90 Å². The van der Waals surface area contributed by atoms with Crippen molar-refractivity contribution in [3.8, 4) is 6.07 Å². The number of carbonyl (C=O) groups is 1. The number of hydrogen-bond donors (Lipinski definition) is 0.